The Hall–Kier alpha value is -2.80. The van der Waals surface area contributed by atoms with Crippen molar-refractivity contribution in [2.24, 2.45) is 0 Å². The van der Waals surface area contributed by atoms with Crippen molar-refractivity contribution in [1.29, 1.82) is 0 Å². The number of benzene rings is 2. The molecule has 0 saturated carbocycles. The molecule has 1 heterocycles. The van der Waals surface area contributed by atoms with Crippen LogP contribution in [0.5, 0.6) is 5.75 Å². The van der Waals surface area contributed by atoms with Crippen LogP contribution in [-0.4, -0.2) is 38.7 Å². The minimum atomic E-state index is -3.31. The summed E-state index contributed by atoms with van der Waals surface area (Å²) < 4.78 is 29.6. The van der Waals surface area contributed by atoms with Gasteiger partial charge in [0.05, 0.1) is 18.6 Å². The first-order chi connectivity index (χ1) is 13.5. The van der Waals surface area contributed by atoms with Crippen molar-refractivity contribution in [3.05, 3.63) is 65.9 Å². The third kappa shape index (κ3) is 5.36. The molecule has 2 aromatic carbocycles. The van der Waals surface area contributed by atoms with Gasteiger partial charge in [0.1, 0.15) is 5.75 Å². The zero-order chi connectivity index (χ0) is 20.0. The molecule has 0 aliphatic carbocycles. The Morgan fingerprint density at radius 2 is 1.93 bits per heavy atom. The summed E-state index contributed by atoms with van der Waals surface area (Å²) in [7, 11) is -1.69. The third-order valence-corrected chi connectivity index (χ3v) is 6.16. The second-order valence-electron chi connectivity index (χ2n) is 6.65. The van der Waals surface area contributed by atoms with Crippen molar-refractivity contribution in [3.8, 4) is 5.75 Å². The first kappa shape index (κ1) is 19.9. The topological polar surface area (TPSA) is 88.3 Å². The fourth-order valence-corrected chi connectivity index (χ4v) is 4.41. The predicted molar refractivity (Wildman–Crippen MR) is 110 cm³/mol. The van der Waals surface area contributed by atoms with Gasteiger partial charge in [-0.25, -0.2) is 8.42 Å². The van der Waals surface area contributed by atoms with Crippen LogP contribution >= 0.6 is 0 Å². The van der Waals surface area contributed by atoms with E-state index in [1.54, 1.807) is 31.4 Å². The first-order valence-electron chi connectivity index (χ1n) is 9.12. The van der Waals surface area contributed by atoms with Gasteiger partial charge in [0.2, 0.25) is 5.91 Å². The van der Waals surface area contributed by atoms with Crippen molar-refractivity contribution in [1.82, 2.24) is 10.3 Å². The molecule has 0 radical (unpaired) electrons. The zero-order valence-electron chi connectivity index (χ0n) is 15.8. The lowest BCUT2D eigenvalue weighted by atomic mass is 10.1. The smallest absolute Gasteiger partial charge is 0.221 e. The second-order valence-corrected chi connectivity index (χ2v) is 8.84. The van der Waals surface area contributed by atoms with E-state index in [1.807, 2.05) is 30.5 Å². The van der Waals surface area contributed by atoms with Gasteiger partial charge in [-0.1, -0.05) is 30.3 Å². The van der Waals surface area contributed by atoms with Crippen LogP contribution in [0.25, 0.3) is 10.9 Å². The number of amides is 1. The van der Waals surface area contributed by atoms with Crippen LogP contribution in [0.4, 0.5) is 0 Å². The van der Waals surface area contributed by atoms with Gasteiger partial charge in [-0.2, -0.15) is 0 Å². The minimum Gasteiger partial charge on any atom is -0.497 e. The van der Waals surface area contributed by atoms with Gasteiger partial charge in [-0.3, -0.25) is 4.79 Å². The highest BCUT2D eigenvalue weighted by atomic mass is 32.2. The van der Waals surface area contributed by atoms with Crippen LogP contribution in [-0.2, 0) is 26.8 Å². The number of nitrogens with one attached hydrogen (secondary N) is 2. The molecule has 1 aromatic heterocycles. The van der Waals surface area contributed by atoms with Gasteiger partial charge in [0, 0.05) is 30.1 Å². The lowest BCUT2D eigenvalue weighted by Gasteiger charge is -2.07. The Labute approximate surface area is 164 Å². The van der Waals surface area contributed by atoms with Crippen molar-refractivity contribution in [2.45, 2.75) is 18.6 Å². The number of aromatic amines is 1. The summed E-state index contributed by atoms with van der Waals surface area (Å²) in [5.74, 6) is 0.325. The lowest BCUT2D eigenvalue weighted by molar-refractivity contribution is -0.120. The number of carbonyl (C=O) groups is 1. The van der Waals surface area contributed by atoms with Crippen LogP contribution in [0.3, 0.4) is 0 Å². The highest BCUT2D eigenvalue weighted by Crippen LogP contribution is 2.23. The maximum Gasteiger partial charge on any atom is 0.221 e. The average Bonchev–Trinajstić information content (AvgIpc) is 3.09. The molecule has 0 bridgehead atoms. The molecule has 1 amide bonds. The van der Waals surface area contributed by atoms with Crippen molar-refractivity contribution in [2.75, 3.05) is 19.4 Å². The quantitative estimate of drug-likeness (QED) is 0.578. The van der Waals surface area contributed by atoms with E-state index in [4.69, 9.17) is 4.74 Å². The molecule has 0 aliphatic heterocycles. The Kier molecular flexibility index (Phi) is 6.36. The Morgan fingerprint density at radius 3 is 2.68 bits per heavy atom. The molecule has 0 aliphatic rings. The average molecular weight is 401 g/mol. The summed E-state index contributed by atoms with van der Waals surface area (Å²) in [6.07, 6.45) is 2.53. The second kappa shape index (κ2) is 8.93. The normalized spacial score (nSPS) is 11.5. The van der Waals surface area contributed by atoms with Gasteiger partial charge in [-0.05, 0) is 35.7 Å². The summed E-state index contributed by atoms with van der Waals surface area (Å²) in [4.78, 5) is 15.2. The zero-order valence-corrected chi connectivity index (χ0v) is 16.6. The van der Waals surface area contributed by atoms with Gasteiger partial charge < -0.3 is 15.0 Å². The molecule has 148 valence electrons. The van der Waals surface area contributed by atoms with Crippen LogP contribution in [0.2, 0.25) is 0 Å². The van der Waals surface area contributed by atoms with E-state index >= 15 is 0 Å². The summed E-state index contributed by atoms with van der Waals surface area (Å²) >= 11 is 0. The van der Waals surface area contributed by atoms with E-state index in [-0.39, 0.29) is 23.8 Å². The Balaban J connectivity index is 1.47. The van der Waals surface area contributed by atoms with E-state index < -0.39 is 9.84 Å². The van der Waals surface area contributed by atoms with Crippen LogP contribution in [0.15, 0.2) is 54.7 Å². The molecule has 28 heavy (non-hydrogen) atoms. The summed E-state index contributed by atoms with van der Waals surface area (Å²) in [6, 6.07) is 14.8. The number of sulfone groups is 1. The predicted octanol–water partition coefficient (Wildman–Crippen LogP) is 2.84. The number of rotatable bonds is 9. The number of ether oxygens (including phenoxy) is 1. The van der Waals surface area contributed by atoms with Crippen molar-refractivity contribution < 1.29 is 17.9 Å². The Morgan fingerprint density at radius 1 is 1.14 bits per heavy atom. The molecule has 0 saturated heterocycles. The molecule has 6 nitrogen and oxygen atoms in total. The maximum absolute atomic E-state index is 12.2. The molecule has 0 atom stereocenters. The number of H-pyrrole nitrogens is 1. The SMILES string of the molecule is COc1ccc2[nH]cc(CCNC(=O)CCS(=O)(=O)Cc3ccccc3)c2c1. The van der Waals surface area contributed by atoms with Gasteiger partial charge in [-0.15, -0.1) is 0 Å². The number of hydrogen-bond acceptors (Lipinski definition) is 4. The number of hydrogen-bond donors (Lipinski definition) is 2. The molecule has 0 spiro atoms. The maximum atomic E-state index is 12.2. The van der Waals surface area contributed by atoms with Crippen LogP contribution in [0.1, 0.15) is 17.5 Å². The lowest BCUT2D eigenvalue weighted by Crippen LogP contribution is -2.27. The molecule has 0 fully saturated rings. The summed E-state index contributed by atoms with van der Waals surface area (Å²) in [6.45, 7) is 0.446. The Bertz CT molecular complexity index is 1040. The van der Waals surface area contributed by atoms with E-state index in [2.05, 4.69) is 10.3 Å². The number of methoxy groups -OCH3 is 1. The van der Waals surface area contributed by atoms with Gasteiger partial charge in [0.25, 0.3) is 0 Å². The number of carbonyl (C=O) groups excluding carboxylic acids is 1. The molecular weight excluding hydrogens is 376 g/mol. The van der Waals surface area contributed by atoms with E-state index in [9.17, 15) is 13.2 Å². The van der Waals surface area contributed by atoms with E-state index in [1.165, 1.54) is 0 Å². The molecule has 3 aromatic rings. The van der Waals surface area contributed by atoms with Crippen LogP contribution in [0, 0.1) is 0 Å². The monoisotopic (exact) mass is 400 g/mol. The third-order valence-electron chi connectivity index (χ3n) is 4.56. The van der Waals surface area contributed by atoms with Crippen molar-refractivity contribution in [3.63, 3.8) is 0 Å². The highest BCUT2D eigenvalue weighted by Gasteiger charge is 2.14. The fourth-order valence-electron chi connectivity index (χ4n) is 3.06. The molecule has 2 N–H and O–H groups in total. The molecule has 7 heteroatoms. The highest BCUT2D eigenvalue weighted by molar-refractivity contribution is 7.90. The van der Waals surface area contributed by atoms with Gasteiger partial charge in [0.15, 0.2) is 9.84 Å². The standard InChI is InChI=1S/C21H24N2O4S/c1-27-18-7-8-20-19(13-18)17(14-23-20)9-11-22-21(24)10-12-28(25,26)15-16-5-3-2-4-6-16/h2-8,13-14,23H,9-12,15H2,1H3,(H,22,24). The molecule has 0 unspecified atom stereocenters. The molecular formula is C21H24N2O4S. The van der Waals surface area contributed by atoms with E-state index in [0.29, 0.717) is 13.0 Å². The number of aromatic nitrogens is 1. The summed E-state index contributed by atoms with van der Waals surface area (Å²) in [5.41, 5.74) is 2.82. The van der Waals surface area contributed by atoms with Gasteiger partial charge >= 0.3 is 0 Å². The fraction of sp³-hybridized carbons (Fsp3) is 0.286. The molecule has 3 rings (SSSR count). The first-order valence-corrected chi connectivity index (χ1v) is 10.9. The summed E-state index contributed by atoms with van der Waals surface area (Å²) in [5, 5.41) is 3.86. The van der Waals surface area contributed by atoms with E-state index in [0.717, 1.165) is 27.8 Å². The van der Waals surface area contributed by atoms with Crippen molar-refractivity contribution >= 4 is 26.6 Å². The van der Waals surface area contributed by atoms with Crippen LogP contribution < -0.4 is 10.1 Å². The number of fused-ring (bicyclic) bond motifs is 1. The minimum absolute atomic E-state index is 0.0309. The largest absolute Gasteiger partial charge is 0.497 e.